The second-order valence-corrected chi connectivity index (χ2v) is 7.91. The van der Waals surface area contributed by atoms with Crippen LogP contribution in [-0.4, -0.2) is 22.8 Å². The fourth-order valence-electron chi connectivity index (χ4n) is 3.12. The van der Waals surface area contributed by atoms with Crippen LogP contribution in [0.1, 0.15) is 0 Å². The van der Waals surface area contributed by atoms with Crippen molar-refractivity contribution in [1.29, 1.82) is 0 Å². The molecular formula is C19H14BN3S2. The first-order valence-electron chi connectivity index (χ1n) is 8.05. The molecule has 0 saturated carbocycles. The minimum atomic E-state index is 0.906. The Labute approximate surface area is 153 Å². The zero-order valence-electron chi connectivity index (χ0n) is 13.5. The average Bonchev–Trinajstić information content (AvgIpc) is 3.37. The van der Waals surface area contributed by atoms with Gasteiger partial charge in [-0.3, -0.25) is 0 Å². The molecule has 1 aromatic carbocycles. The van der Waals surface area contributed by atoms with Gasteiger partial charge in [0.15, 0.2) is 0 Å². The van der Waals surface area contributed by atoms with Gasteiger partial charge in [-0.15, -0.1) is 22.7 Å². The number of aromatic amines is 2. The van der Waals surface area contributed by atoms with Gasteiger partial charge in [0.05, 0.1) is 15.4 Å². The normalized spacial score (nSPS) is 11.4. The maximum Gasteiger partial charge on any atom is 0.140 e. The van der Waals surface area contributed by atoms with E-state index in [1.807, 2.05) is 6.20 Å². The smallest absolute Gasteiger partial charge is 0.140 e. The minimum absolute atomic E-state index is 0.906. The summed E-state index contributed by atoms with van der Waals surface area (Å²) in [5, 5.41) is 5.39. The molecule has 0 aliphatic heterocycles. The van der Waals surface area contributed by atoms with Gasteiger partial charge < -0.3 is 9.97 Å². The highest BCUT2D eigenvalue weighted by molar-refractivity contribution is 7.14. The van der Waals surface area contributed by atoms with Crippen molar-refractivity contribution in [1.82, 2.24) is 15.0 Å². The number of thiophene rings is 2. The van der Waals surface area contributed by atoms with Crippen LogP contribution in [0.4, 0.5) is 0 Å². The van der Waals surface area contributed by atoms with Crippen LogP contribution in [0.25, 0.3) is 43.4 Å². The summed E-state index contributed by atoms with van der Waals surface area (Å²) in [5.41, 5.74) is 5.60. The number of aromatic nitrogens is 3. The fraction of sp³-hybridized carbons (Fsp3) is 0. The molecule has 5 rings (SSSR count). The highest BCUT2D eigenvalue weighted by atomic mass is 32.1. The maximum atomic E-state index is 4.97. The van der Waals surface area contributed by atoms with E-state index in [1.54, 1.807) is 22.7 Å². The van der Waals surface area contributed by atoms with Crippen molar-refractivity contribution in [2.45, 2.75) is 0 Å². The van der Waals surface area contributed by atoms with Gasteiger partial charge >= 0.3 is 0 Å². The second-order valence-electron chi connectivity index (χ2n) is 6.02. The maximum absolute atomic E-state index is 4.97. The summed E-state index contributed by atoms with van der Waals surface area (Å²) >= 11 is 3.45. The lowest BCUT2D eigenvalue weighted by atomic mass is 9.94. The zero-order chi connectivity index (χ0) is 16.8. The molecule has 2 N–H and O–H groups in total. The second kappa shape index (κ2) is 5.76. The summed E-state index contributed by atoms with van der Waals surface area (Å²) in [4.78, 5) is 14.3. The standard InChI is InChI=1S/C19H14BN3S2/c20-11-5-6-14-12(9-11)13(10-21-14)19-22-17(15-3-1-7-24-15)18(23-19)16-4-2-8-25-16/h1-10,21H,20H2,(H,22,23). The van der Waals surface area contributed by atoms with Crippen molar-refractivity contribution >= 4 is 46.9 Å². The third-order valence-electron chi connectivity index (χ3n) is 4.32. The van der Waals surface area contributed by atoms with Gasteiger partial charge in [0.2, 0.25) is 0 Å². The highest BCUT2D eigenvalue weighted by Crippen LogP contribution is 2.38. The summed E-state index contributed by atoms with van der Waals surface area (Å²) in [5.74, 6) is 0.906. The Hall–Kier alpha value is -2.57. The molecule has 0 unspecified atom stereocenters. The van der Waals surface area contributed by atoms with Crippen LogP contribution in [0.2, 0.25) is 0 Å². The number of fused-ring (bicyclic) bond motifs is 1. The topological polar surface area (TPSA) is 44.5 Å². The number of hydrogen-bond acceptors (Lipinski definition) is 3. The molecule has 0 atom stereocenters. The van der Waals surface area contributed by atoms with E-state index in [2.05, 4.69) is 71.0 Å². The Kier molecular flexibility index (Phi) is 3.40. The van der Waals surface area contributed by atoms with Crippen molar-refractivity contribution < 1.29 is 0 Å². The molecule has 0 aliphatic rings. The monoisotopic (exact) mass is 359 g/mol. The van der Waals surface area contributed by atoms with Crippen LogP contribution in [-0.2, 0) is 0 Å². The first-order chi connectivity index (χ1) is 12.3. The molecular weight excluding hydrogens is 345 g/mol. The van der Waals surface area contributed by atoms with Gasteiger partial charge in [-0.25, -0.2) is 4.98 Å². The van der Waals surface area contributed by atoms with E-state index in [0.29, 0.717) is 0 Å². The van der Waals surface area contributed by atoms with E-state index in [-0.39, 0.29) is 0 Å². The third kappa shape index (κ3) is 2.45. The molecule has 25 heavy (non-hydrogen) atoms. The van der Waals surface area contributed by atoms with Gasteiger partial charge in [-0.1, -0.05) is 29.7 Å². The summed E-state index contributed by atoms with van der Waals surface area (Å²) in [6, 6.07) is 14.9. The number of imidazole rings is 1. The van der Waals surface area contributed by atoms with E-state index in [4.69, 9.17) is 4.98 Å². The quantitative estimate of drug-likeness (QED) is 0.464. The molecule has 3 nitrogen and oxygen atoms in total. The first kappa shape index (κ1) is 14.8. The molecule has 4 heterocycles. The van der Waals surface area contributed by atoms with Crippen molar-refractivity contribution in [3.8, 4) is 32.5 Å². The van der Waals surface area contributed by atoms with Crippen molar-refractivity contribution in [2.75, 3.05) is 0 Å². The number of benzene rings is 1. The Bertz CT molecular complexity index is 1100. The lowest BCUT2D eigenvalue weighted by Gasteiger charge is -1.97. The van der Waals surface area contributed by atoms with Crippen molar-refractivity contribution in [3.05, 3.63) is 59.4 Å². The number of nitrogens with zero attached hydrogens (tertiary/aromatic N) is 1. The molecule has 120 valence electrons. The number of H-pyrrole nitrogens is 2. The summed E-state index contributed by atoms with van der Waals surface area (Å²) in [6.45, 7) is 0. The van der Waals surface area contributed by atoms with Crippen LogP contribution in [0.5, 0.6) is 0 Å². The Balaban J connectivity index is 1.74. The number of hydrogen-bond donors (Lipinski definition) is 2. The lowest BCUT2D eigenvalue weighted by Crippen LogP contribution is -1.99. The molecule has 0 amide bonds. The van der Waals surface area contributed by atoms with E-state index < -0.39 is 0 Å². The van der Waals surface area contributed by atoms with Gasteiger partial charge in [0, 0.05) is 22.7 Å². The summed E-state index contributed by atoms with van der Waals surface area (Å²) in [7, 11) is 2.12. The van der Waals surface area contributed by atoms with E-state index in [9.17, 15) is 0 Å². The Morgan fingerprint density at radius 2 is 1.76 bits per heavy atom. The van der Waals surface area contributed by atoms with Crippen LogP contribution in [0.3, 0.4) is 0 Å². The molecule has 0 spiro atoms. The lowest BCUT2D eigenvalue weighted by molar-refractivity contribution is 1.32. The van der Waals surface area contributed by atoms with Crippen LogP contribution >= 0.6 is 22.7 Å². The third-order valence-corrected chi connectivity index (χ3v) is 6.08. The number of rotatable bonds is 3. The highest BCUT2D eigenvalue weighted by Gasteiger charge is 2.18. The molecule has 0 radical (unpaired) electrons. The largest absolute Gasteiger partial charge is 0.360 e. The van der Waals surface area contributed by atoms with Crippen LogP contribution in [0.15, 0.2) is 59.4 Å². The van der Waals surface area contributed by atoms with Crippen LogP contribution in [0, 0.1) is 0 Å². The molecule has 0 bridgehead atoms. The zero-order valence-corrected chi connectivity index (χ0v) is 15.2. The molecule has 0 aliphatic carbocycles. The summed E-state index contributed by atoms with van der Waals surface area (Å²) < 4.78 is 0. The van der Waals surface area contributed by atoms with Crippen molar-refractivity contribution in [2.24, 2.45) is 0 Å². The average molecular weight is 359 g/mol. The van der Waals surface area contributed by atoms with Gasteiger partial charge in [0.1, 0.15) is 19.4 Å². The van der Waals surface area contributed by atoms with Gasteiger partial charge in [-0.05, 0) is 29.0 Å². The van der Waals surface area contributed by atoms with Gasteiger partial charge in [-0.2, -0.15) is 0 Å². The molecule has 0 saturated heterocycles. The Morgan fingerprint density at radius 3 is 2.52 bits per heavy atom. The Morgan fingerprint density at radius 1 is 0.960 bits per heavy atom. The van der Waals surface area contributed by atoms with E-state index in [1.165, 1.54) is 20.6 Å². The summed E-state index contributed by atoms with van der Waals surface area (Å²) in [6.07, 6.45) is 2.04. The molecule has 0 fully saturated rings. The van der Waals surface area contributed by atoms with Crippen molar-refractivity contribution in [3.63, 3.8) is 0 Å². The van der Waals surface area contributed by atoms with E-state index >= 15 is 0 Å². The first-order valence-corrected chi connectivity index (χ1v) is 9.81. The SMILES string of the molecule is Bc1ccc2[nH]cc(-c3nc(-c4cccs4)c(-c4cccs4)[nH]3)c2c1. The minimum Gasteiger partial charge on any atom is -0.360 e. The van der Waals surface area contributed by atoms with E-state index in [0.717, 1.165) is 28.3 Å². The predicted octanol–water partition coefficient (Wildman–Crippen LogP) is 4.27. The van der Waals surface area contributed by atoms with Gasteiger partial charge in [0.25, 0.3) is 0 Å². The van der Waals surface area contributed by atoms with Crippen LogP contribution < -0.4 is 5.46 Å². The predicted molar refractivity (Wildman–Crippen MR) is 111 cm³/mol. The molecule has 6 heteroatoms. The number of nitrogens with one attached hydrogen (secondary N) is 2. The fourth-order valence-corrected chi connectivity index (χ4v) is 4.57. The molecule has 5 aromatic rings. The molecule has 4 aromatic heterocycles.